The molecule has 9 nitrogen and oxygen atoms in total. The van der Waals surface area contributed by atoms with Gasteiger partial charge in [0.05, 0.1) is 13.5 Å². The van der Waals surface area contributed by atoms with Crippen molar-refractivity contribution in [1.82, 2.24) is 19.9 Å². The van der Waals surface area contributed by atoms with E-state index >= 15 is 0 Å². The molecular weight excluding hydrogens is 515 g/mol. The molecule has 12 heteroatoms. The topological polar surface area (TPSA) is 118 Å². The smallest absolute Gasteiger partial charge is 0.420 e. The lowest BCUT2D eigenvalue weighted by atomic mass is 9.89. The fourth-order valence-electron chi connectivity index (χ4n) is 4.16. The number of aromatic nitrogens is 3. The van der Waals surface area contributed by atoms with Gasteiger partial charge in [0.2, 0.25) is 5.95 Å². The van der Waals surface area contributed by atoms with Crippen molar-refractivity contribution >= 4 is 23.7 Å². The van der Waals surface area contributed by atoms with E-state index in [9.17, 15) is 22.8 Å². The summed E-state index contributed by atoms with van der Waals surface area (Å²) < 4.78 is 45.6. The second-order valence-electron chi connectivity index (χ2n) is 8.76. The van der Waals surface area contributed by atoms with Crippen LogP contribution in [0.25, 0.3) is 0 Å². The Morgan fingerprint density at radius 1 is 1.10 bits per heavy atom. The summed E-state index contributed by atoms with van der Waals surface area (Å²) in [5.74, 6) is 4.63. The first-order chi connectivity index (χ1) is 18.6. The Balaban J connectivity index is 1.54. The predicted octanol–water partition coefficient (Wildman–Crippen LogP) is 4.61. The first kappa shape index (κ1) is 27.4. The average Bonchev–Trinajstić information content (AvgIpc) is 2.92. The lowest BCUT2D eigenvalue weighted by molar-refractivity contribution is -0.140. The second kappa shape index (κ2) is 11.8. The molecule has 1 aliphatic rings. The van der Waals surface area contributed by atoms with Gasteiger partial charge >= 0.3 is 18.2 Å². The average molecular weight is 540 g/mol. The molecule has 1 aliphatic heterocycles. The largest absolute Gasteiger partial charge is 0.469 e. The van der Waals surface area contributed by atoms with Crippen LogP contribution >= 0.6 is 0 Å². The minimum Gasteiger partial charge on any atom is -0.469 e. The zero-order chi connectivity index (χ0) is 28.0. The zero-order valence-electron chi connectivity index (χ0n) is 20.8. The summed E-state index contributed by atoms with van der Waals surface area (Å²) in [5, 5.41) is 12.0. The summed E-state index contributed by atoms with van der Waals surface area (Å²) in [7, 11) is 1.23. The lowest BCUT2D eigenvalue weighted by Crippen LogP contribution is -2.36. The summed E-state index contributed by atoms with van der Waals surface area (Å²) in [6.07, 6.45) is -2.29. The number of pyridine rings is 1. The van der Waals surface area contributed by atoms with Gasteiger partial charge in [0.1, 0.15) is 17.0 Å². The van der Waals surface area contributed by atoms with Crippen molar-refractivity contribution in [3.05, 3.63) is 76.9 Å². The van der Waals surface area contributed by atoms with Crippen LogP contribution in [0.1, 0.15) is 46.8 Å². The van der Waals surface area contributed by atoms with Crippen LogP contribution in [0.3, 0.4) is 0 Å². The molecule has 2 N–H and O–H groups in total. The highest BCUT2D eigenvalue weighted by Crippen LogP contribution is 2.32. The number of rotatable bonds is 5. The van der Waals surface area contributed by atoms with Gasteiger partial charge in [-0.05, 0) is 59.9 Å². The number of methoxy groups -OCH3 is 1. The molecule has 0 radical (unpaired) electrons. The van der Waals surface area contributed by atoms with E-state index in [0.717, 1.165) is 5.56 Å². The van der Waals surface area contributed by atoms with E-state index in [1.807, 2.05) is 12.1 Å². The van der Waals surface area contributed by atoms with Gasteiger partial charge < -0.3 is 20.1 Å². The Kier molecular flexibility index (Phi) is 8.29. The van der Waals surface area contributed by atoms with Crippen molar-refractivity contribution in [2.24, 2.45) is 0 Å². The van der Waals surface area contributed by atoms with Crippen LogP contribution in [0.4, 0.5) is 29.6 Å². The number of amides is 1. The number of carbonyl (C=O) groups is 2. The molecule has 1 saturated heterocycles. The molecule has 39 heavy (non-hydrogen) atoms. The van der Waals surface area contributed by atoms with Crippen LogP contribution < -0.4 is 5.32 Å². The van der Waals surface area contributed by atoms with Gasteiger partial charge in [-0.25, -0.2) is 19.7 Å². The fraction of sp³-hybridized carbons (Fsp3) is 0.296. The van der Waals surface area contributed by atoms with Crippen molar-refractivity contribution in [2.75, 3.05) is 25.5 Å². The summed E-state index contributed by atoms with van der Waals surface area (Å²) in [5.41, 5.74) is 0.500. The van der Waals surface area contributed by atoms with Gasteiger partial charge in [0, 0.05) is 31.2 Å². The van der Waals surface area contributed by atoms with Crippen LogP contribution in [0.15, 0.2) is 48.8 Å². The summed E-state index contributed by atoms with van der Waals surface area (Å²) in [6, 6.07) is 10.5. The molecule has 1 fully saturated rings. The van der Waals surface area contributed by atoms with E-state index in [4.69, 9.17) is 5.11 Å². The van der Waals surface area contributed by atoms with Crippen LogP contribution in [-0.4, -0.2) is 57.2 Å². The number of likely N-dealkylation sites (tertiary alicyclic amines) is 1. The Morgan fingerprint density at radius 2 is 1.79 bits per heavy atom. The quantitative estimate of drug-likeness (QED) is 0.357. The molecule has 1 amide bonds. The van der Waals surface area contributed by atoms with Gasteiger partial charge in [-0.15, -0.1) is 0 Å². The molecule has 0 saturated carbocycles. The van der Waals surface area contributed by atoms with E-state index in [1.165, 1.54) is 18.2 Å². The number of ether oxygens (including phenoxy) is 1. The minimum absolute atomic E-state index is 0.0781. The zero-order valence-corrected chi connectivity index (χ0v) is 20.8. The van der Waals surface area contributed by atoms with Gasteiger partial charge in [-0.1, -0.05) is 18.2 Å². The number of benzene rings is 1. The highest BCUT2D eigenvalue weighted by Gasteiger charge is 2.35. The number of nitrogens with zero attached hydrogens (tertiary/aromatic N) is 4. The molecule has 0 aliphatic carbocycles. The normalized spacial score (nSPS) is 13.8. The van der Waals surface area contributed by atoms with E-state index < -0.39 is 29.5 Å². The molecule has 0 bridgehead atoms. The number of esters is 1. The first-order valence-electron chi connectivity index (χ1n) is 12.0. The van der Waals surface area contributed by atoms with Gasteiger partial charge in [0.15, 0.2) is 0 Å². The molecule has 4 rings (SSSR count). The van der Waals surface area contributed by atoms with Gasteiger partial charge in [-0.2, -0.15) is 13.2 Å². The number of piperidine rings is 1. The van der Waals surface area contributed by atoms with E-state index in [-0.39, 0.29) is 24.0 Å². The number of carbonyl (C=O) groups excluding carboxylic acids is 1. The molecule has 202 valence electrons. The molecule has 0 atom stereocenters. The summed E-state index contributed by atoms with van der Waals surface area (Å²) >= 11 is 0. The molecule has 2 aromatic heterocycles. The standard InChI is InChI=1S/C27H24F3N5O4/c1-39-24(36)15-19-3-2-12-31-22(19)8-9-23-21(27(28,29)30)16-32-25(34-23)33-20-6-4-17(5-7-20)18-10-13-35(14-11-18)26(37)38/h2-7,12,16,18H,10-11,13-15H2,1H3,(H,37,38)(H,32,33,34). The fourth-order valence-corrected chi connectivity index (χ4v) is 4.16. The first-order valence-corrected chi connectivity index (χ1v) is 12.0. The number of halogens is 3. The van der Waals surface area contributed by atoms with Crippen LogP contribution in [0, 0.1) is 11.8 Å². The van der Waals surface area contributed by atoms with E-state index in [0.29, 0.717) is 43.4 Å². The number of alkyl halides is 3. The third-order valence-electron chi connectivity index (χ3n) is 6.25. The Hall–Kier alpha value is -4.66. The minimum atomic E-state index is -4.74. The Morgan fingerprint density at radius 3 is 2.44 bits per heavy atom. The maximum absolute atomic E-state index is 13.6. The third-order valence-corrected chi connectivity index (χ3v) is 6.25. The second-order valence-corrected chi connectivity index (χ2v) is 8.76. The maximum Gasteiger partial charge on any atom is 0.420 e. The number of hydrogen-bond donors (Lipinski definition) is 2. The highest BCUT2D eigenvalue weighted by molar-refractivity contribution is 5.73. The molecular formula is C27H24F3N5O4. The van der Waals surface area contributed by atoms with Crippen molar-refractivity contribution in [3.63, 3.8) is 0 Å². The molecule has 3 aromatic rings. The monoisotopic (exact) mass is 539 g/mol. The predicted molar refractivity (Wildman–Crippen MR) is 134 cm³/mol. The third kappa shape index (κ3) is 7.01. The Labute approximate surface area is 222 Å². The highest BCUT2D eigenvalue weighted by atomic mass is 19.4. The number of hydrogen-bond acceptors (Lipinski definition) is 7. The lowest BCUT2D eigenvalue weighted by Gasteiger charge is -2.30. The van der Waals surface area contributed by atoms with E-state index in [1.54, 1.807) is 24.3 Å². The van der Waals surface area contributed by atoms with Gasteiger partial charge in [-0.3, -0.25) is 4.79 Å². The number of carboxylic acid groups (broad SMARTS) is 1. The molecule has 0 unspecified atom stereocenters. The Bertz CT molecular complexity index is 1410. The van der Waals surface area contributed by atoms with Crippen molar-refractivity contribution in [3.8, 4) is 11.8 Å². The molecule has 1 aromatic carbocycles. The van der Waals surface area contributed by atoms with Crippen molar-refractivity contribution in [1.29, 1.82) is 0 Å². The summed E-state index contributed by atoms with van der Waals surface area (Å²) in [4.78, 5) is 36.0. The van der Waals surface area contributed by atoms with E-state index in [2.05, 4.69) is 36.8 Å². The SMILES string of the molecule is COC(=O)Cc1cccnc1C#Cc1nc(Nc2ccc(C3CCN(C(=O)O)CC3)cc2)ncc1C(F)(F)F. The van der Waals surface area contributed by atoms with Crippen LogP contribution in [0.5, 0.6) is 0 Å². The summed E-state index contributed by atoms with van der Waals surface area (Å²) in [6.45, 7) is 0.928. The van der Waals surface area contributed by atoms with Crippen molar-refractivity contribution in [2.45, 2.75) is 31.4 Å². The molecule has 0 spiro atoms. The van der Waals surface area contributed by atoms with Gasteiger partial charge in [0.25, 0.3) is 0 Å². The number of nitrogens with one attached hydrogen (secondary N) is 1. The maximum atomic E-state index is 13.6. The number of anilines is 2. The van der Waals surface area contributed by atoms with Crippen molar-refractivity contribution < 1.29 is 32.6 Å². The van der Waals surface area contributed by atoms with Crippen LogP contribution in [0.2, 0.25) is 0 Å². The van der Waals surface area contributed by atoms with Crippen LogP contribution in [-0.2, 0) is 22.1 Å². The molecule has 3 heterocycles.